The van der Waals surface area contributed by atoms with E-state index in [2.05, 4.69) is 38.2 Å². The van der Waals surface area contributed by atoms with E-state index in [0.717, 1.165) is 30.4 Å². The zero-order valence-corrected chi connectivity index (χ0v) is 14.3. The summed E-state index contributed by atoms with van der Waals surface area (Å²) < 4.78 is 0. The van der Waals surface area contributed by atoms with Crippen molar-refractivity contribution in [2.45, 2.75) is 31.2 Å². The van der Waals surface area contributed by atoms with Crippen LogP contribution in [0.2, 0.25) is 0 Å². The molecule has 2 saturated heterocycles. The average molecular weight is 323 g/mol. The molecule has 2 aliphatic rings. The highest BCUT2D eigenvalue weighted by atomic mass is 15.3. The first-order valence-electron chi connectivity index (χ1n) is 8.86. The molecule has 1 aromatic heterocycles. The smallest absolute Gasteiger partial charge is 0.135 e. The highest BCUT2D eigenvalue weighted by molar-refractivity contribution is 5.59. The summed E-state index contributed by atoms with van der Waals surface area (Å²) in [7, 11) is 2.29. The second-order valence-corrected chi connectivity index (χ2v) is 6.99. The number of nitrogens with zero attached hydrogens (tertiary/aromatic N) is 4. The first-order chi connectivity index (χ1) is 11.8. The normalized spacial score (nSPS) is 20.5. The molecule has 1 N–H and O–H groups in total. The number of piperidine rings is 1. The summed E-state index contributed by atoms with van der Waals surface area (Å²) in [6.45, 7) is 3.40. The quantitative estimate of drug-likeness (QED) is 0.939. The number of hydrogen-bond acceptors (Lipinski definition) is 5. The number of aromatic nitrogens is 2. The van der Waals surface area contributed by atoms with Gasteiger partial charge in [0.25, 0.3) is 0 Å². The Morgan fingerprint density at radius 1 is 1.00 bits per heavy atom. The lowest BCUT2D eigenvalue weighted by Gasteiger charge is -2.44. The fraction of sp³-hybridized carbons (Fsp3) is 0.474. The van der Waals surface area contributed by atoms with Crippen LogP contribution in [0.4, 0.5) is 17.3 Å². The van der Waals surface area contributed by atoms with Gasteiger partial charge in [0.1, 0.15) is 18.0 Å². The summed E-state index contributed by atoms with van der Waals surface area (Å²) in [6, 6.07) is 12.2. The second kappa shape index (κ2) is 6.40. The summed E-state index contributed by atoms with van der Waals surface area (Å²) >= 11 is 0. The van der Waals surface area contributed by atoms with Crippen LogP contribution >= 0.6 is 0 Å². The minimum Gasteiger partial charge on any atom is -0.356 e. The zero-order valence-electron chi connectivity index (χ0n) is 14.3. The molecule has 3 heterocycles. The zero-order chi connectivity index (χ0) is 16.4. The third-order valence-corrected chi connectivity index (χ3v) is 5.66. The molecule has 2 aliphatic heterocycles. The van der Waals surface area contributed by atoms with Gasteiger partial charge in [0.05, 0.1) is 0 Å². The van der Waals surface area contributed by atoms with Crippen LogP contribution in [0.3, 0.4) is 0 Å². The van der Waals surface area contributed by atoms with Crippen LogP contribution in [0.25, 0.3) is 0 Å². The molecule has 0 saturated carbocycles. The van der Waals surface area contributed by atoms with Crippen LogP contribution in [0.5, 0.6) is 0 Å². The van der Waals surface area contributed by atoms with Gasteiger partial charge >= 0.3 is 0 Å². The molecule has 24 heavy (non-hydrogen) atoms. The number of anilines is 3. The largest absolute Gasteiger partial charge is 0.356 e. The topological polar surface area (TPSA) is 44.3 Å². The first kappa shape index (κ1) is 15.4. The van der Waals surface area contributed by atoms with E-state index >= 15 is 0 Å². The fourth-order valence-electron chi connectivity index (χ4n) is 4.11. The SMILES string of the molecule is CN1CCCC12CCN(c1cc(Nc3ccccc3)ncn1)CC2. The molecular weight excluding hydrogens is 298 g/mol. The Morgan fingerprint density at radius 2 is 1.79 bits per heavy atom. The molecule has 0 radical (unpaired) electrons. The average Bonchev–Trinajstić information content (AvgIpc) is 2.97. The number of likely N-dealkylation sites (tertiary alicyclic amines) is 1. The van der Waals surface area contributed by atoms with E-state index in [4.69, 9.17) is 0 Å². The predicted molar refractivity (Wildman–Crippen MR) is 97.8 cm³/mol. The Bertz CT molecular complexity index is 679. The summed E-state index contributed by atoms with van der Waals surface area (Å²) in [5.41, 5.74) is 1.49. The third-order valence-electron chi connectivity index (χ3n) is 5.66. The van der Waals surface area contributed by atoms with Crippen LogP contribution in [0.1, 0.15) is 25.7 Å². The molecule has 0 bridgehead atoms. The maximum Gasteiger partial charge on any atom is 0.135 e. The van der Waals surface area contributed by atoms with E-state index in [-0.39, 0.29) is 0 Å². The number of nitrogens with one attached hydrogen (secondary N) is 1. The van der Waals surface area contributed by atoms with Gasteiger partial charge in [0.15, 0.2) is 0 Å². The molecule has 0 aliphatic carbocycles. The Hall–Kier alpha value is -2.14. The maximum atomic E-state index is 4.50. The van der Waals surface area contributed by atoms with E-state index in [1.54, 1.807) is 6.33 Å². The van der Waals surface area contributed by atoms with Crippen molar-refractivity contribution in [3.8, 4) is 0 Å². The van der Waals surface area contributed by atoms with Gasteiger partial charge in [-0.3, -0.25) is 0 Å². The molecule has 0 atom stereocenters. The second-order valence-electron chi connectivity index (χ2n) is 6.99. The van der Waals surface area contributed by atoms with E-state index in [9.17, 15) is 0 Å². The van der Waals surface area contributed by atoms with Gasteiger partial charge in [0, 0.05) is 30.4 Å². The van der Waals surface area contributed by atoms with E-state index in [1.165, 1.54) is 32.2 Å². The Morgan fingerprint density at radius 3 is 2.50 bits per heavy atom. The van der Waals surface area contributed by atoms with Crippen molar-refractivity contribution in [3.63, 3.8) is 0 Å². The van der Waals surface area contributed by atoms with Crippen molar-refractivity contribution >= 4 is 17.3 Å². The minimum absolute atomic E-state index is 0.439. The van der Waals surface area contributed by atoms with Crippen LogP contribution in [0, 0.1) is 0 Å². The Kier molecular flexibility index (Phi) is 4.10. The third kappa shape index (κ3) is 2.96. The van der Waals surface area contributed by atoms with Crippen LogP contribution < -0.4 is 10.2 Å². The predicted octanol–water partition coefficient (Wildman–Crippen LogP) is 3.28. The van der Waals surface area contributed by atoms with E-state index in [0.29, 0.717) is 5.54 Å². The summed E-state index contributed by atoms with van der Waals surface area (Å²) in [5.74, 6) is 1.88. The van der Waals surface area contributed by atoms with E-state index in [1.807, 2.05) is 30.3 Å². The number of para-hydroxylation sites is 1. The standard InChI is InChI=1S/C19H25N5/c1-23-11-5-8-19(23)9-12-24(13-10-19)18-14-17(20-15-21-18)22-16-6-3-2-4-7-16/h2-4,6-7,14-15H,5,8-13H2,1H3,(H,20,21,22). The Labute approximate surface area is 143 Å². The molecule has 2 aromatic rings. The number of benzene rings is 1. The number of rotatable bonds is 3. The van der Waals surface area contributed by atoms with Crippen LogP contribution in [-0.2, 0) is 0 Å². The van der Waals surface area contributed by atoms with Crippen molar-refractivity contribution in [2.75, 3.05) is 36.9 Å². The van der Waals surface area contributed by atoms with Crippen LogP contribution in [-0.4, -0.2) is 47.1 Å². The Balaban J connectivity index is 1.45. The molecule has 0 amide bonds. The van der Waals surface area contributed by atoms with Crippen molar-refractivity contribution < 1.29 is 0 Å². The van der Waals surface area contributed by atoms with Gasteiger partial charge in [-0.2, -0.15) is 0 Å². The van der Waals surface area contributed by atoms with Crippen molar-refractivity contribution in [1.29, 1.82) is 0 Å². The molecule has 126 valence electrons. The van der Waals surface area contributed by atoms with Gasteiger partial charge < -0.3 is 15.1 Å². The molecule has 5 heteroatoms. The van der Waals surface area contributed by atoms with E-state index < -0.39 is 0 Å². The lowest BCUT2D eigenvalue weighted by molar-refractivity contribution is 0.137. The molecule has 2 fully saturated rings. The fourth-order valence-corrected chi connectivity index (χ4v) is 4.11. The summed E-state index contributed by atoms with van der Waals surface area (Å²) in [4.78, 5) is 13.8. The van der Waals surface area contributed by atoms with Gasteiger partial charge in [-0.05, 0) is 51.4 Å². The summed E-state index contributed by atoms with van der Waals surface area (Å²) in [6.07, 6.45) is 6.81. The number of hydrogen-bond donors (Lipinski definition) is 1. The van der Waals surface area contributed by atoms with Gasteiger partial charge in [0.2, 0.25) is 0 Å². The summed E-state index contributed by atoms with van der Waals surface area (Å²) in [5, 5.41) is 3.35. The molecule has 1 aromatic carbocycles. The molecule has 1 spiro atoms. The highest BCUT2D eigenvalue weighted by Crippen LogP contribution is 2.38. The molecule has 4 rings (SSSR count). The molecule has 0 unspecified atom stereocenters. The van der Waals surface area contributed by atoms with Crippen molar-refractivity contribution in [2.24, 2.45) is 0 Å². The highest BCUT2D eigenvalue weighted by Gasteiger charge is 2.41. The van der Waals surface area contributed by atoms with Gasteiger partial charge in [-0.25, -0.2) is 9.97 Å². The maximum absolute atomic E-state index is 4.50. The lowest BCUT2D eigenvalue weighted by atomic mass is 9.85. The molecular formula is C19H25N5. The molecule has 5 nitrogen and oxygen atoms in total. The van der Waals surface area contributed by atoms with Crippen LogP contribution in [0.15, 0.2) is 42.7 Å². The minimum atomic E-state index is 0.439. The first-order valence-corrected chi connectivity index (χ1v) is 8.86. The monoisotopic (exact) mass is 323 g/mol. The van der Waals surface area contributed by atoms with Crippen molar-refractivity contribution in [1.82, 2.24) is 14.9 Å². The van der Waals surface area contributed by atoms with Crippen molar-refractivity contribution in [3.05, 3.63) is 42.7 Å². The van der Waals surface area contributed by atoms with Gasteiger partial charge in [-0.1, -0.05) is 18.2 Å². The lowest BCUT2D eigenvalue weighted by Crippen LogP contribution is -2.50. The van der Waals surface area contributed by atoms with Gasteiger partial charge in [-0.15, -0.1) is 0 Å².